The van der Waals surface area contributed by atoms with E-state index < -0.39 is 12.3 Å². The molecule has 7 nitrogen and oxygen atoms in total. The third-order valence-electron chi connectivity index (χ3n) is 6.31. The van der Waals surface area contributed by atoms with Crippen LogP contribution in [0.4, 0.5) is 5.69 Å². The highest BCUT2D eigenvalue weighted by Gasteiger charge is 2.38. The Morgan fingerprint density at radius 3 is 2.22 bits per heavy atom. The first kappa shape index (κ1) is 26.9. The van der Waals surface area contributed by atoms with Gasteiger partial charge in [-0.25, -0.2) is 0 Å². The molecule has 0 bridgehead atoms. The molecule has 4 atom stereocenters. The van der Waals surface area contributed by atoms with Gasteiger partial charge in [0, 0.05) is 34.2 Å². The molecule has 1 fully saturated rings. The molecule has 0 aromatic heterocycles. The molecule has 1 heterocycles. The minimum Gasteiger partial charge on any atom is -0.481 e. The number of aliphatic carboxylic acids is 1. The molecular formula is C29H31NO6S. The van der Waals surface area contributed by atoms with Crippen molar-refractivity contribution in [2.75, 3.05) is 11.1 Å². The molecule has 4 unspecified atom stereocenters. The van der Waals surface area contributed by atoms with Crippen molar-refractivity contribution < 1.29 is 29.3 Å². The molecule has 0 spiro atoms. The maximum Gasteiger partial charge on any atom is 0.303 e. The van der Waals surface area contributed by atoms with Gasteiger partial charge in [0.1, 0.15) is 0 Å². The quantitative estimate of drug-likeness (QED) is 0.300. The number of carboxylic acid groups (broad SMARTS) is 1. The molecule has 0 saturated carbocycles. The molecule has 8 heteroatoms. The van der Waals surface area contributed by atoms with Gasteiger partial charge in [0.2, 0.25) is 5.91 Å². The van der Waals surface area contributed by atoms with Crippen LogP contribution in [0, 0.1) is 5.92 Å². The fourth-order valence-corrected chi connectivity index (χ4v) is 5.26. The fraction of sp³-hybridized carbons (Fsp3) is 0.310. The molecule has 0 aliphatic carbocycles. The second-order valence-corrected chi connectivity index (χ2v) is 10.1. The number of thioether (sulfide) groups is 1. The highest BCUT2D eigenvalue weighted by Crippen LogP contribution is 2.43. The Labute approximate surface area is 220 Å². The predicted octanol–water partition coefficient (Wildman–Crippen LogP) is 5.57. The highest BCUT2D eigenvalue weighted by molar-refractivity contribution is 7.99. The zero-order valence-electron chi connectivity index (χ0n) is 20.6. The Morgan fingerprint density at radius 2 is 1.57 bits per heavy atom. The summed E-state index contributed by atoms with van der Waals surface area (Å²) < 4.78 is 12.9. The number of carboxylic acids is 1. The average molecular weight is 522 g/mol. The molecule has 1 aliphatic rings. The average Bonchev–Trinajstić information content (AvgIpc) is 2.92. The Balaban J connectivity index is 1.50. The molecule has 1 saturated heterocycles. The second-order valence-electron chi connectivity index (χ2n) is 9.01. The summed E-state index contributed by atoms with van der Waals surface area (Å²) in [6, 6.07) is 25.2. The van der Waals surface area contributed by atoms with Crippen LogP contribution in [0.5, 0.6) is 0 Å². The number of ether oxygens (including phenoxy) is 2. The van der Waals surface area contributed by atoms with E-state index >= 15 is 0 Å². The van der Waals surface area contributed by atoms with Gasteiger partial charge in [0.15, 0.2) is 6.29 Å². The molecule has 37 heavy (non-hydrogen) atoms. The smallest absolute Gasteiger partial charge is 0.303 e. The molecule has 4 rings (SSSR count). The second kappa shape index (κ2) is 12.9. The third kappa shape index (κ3) is 7.42. The van der Waals surface area contributed by atoms with Crippen LogP contribution in [0.3, 0.4) is 0 Å². The van der Waals surface area contributed by atoms with Gasteiger partial charge in [-0.3, -0.25) is 9.59 Å². The van der Waals surface area contributed by atoms with Crippen molar-refractivity contribution in [2.24, 2.45) is 5.92 Å². The highest BCUT2D eigenvalue weighted by atomic mass is 32.2. The Kier molecular flexibility index (Phi) is 9.35. The van der Waals surface area contributed by atoms with E-state index in [1.165, 1.54) is 4.90 Å². The summed E-state index contributed by atoms with van der Waals surface area (Å²) in [5.41, 5.74) is 3.27. The van der Waals surface area contributed by atoms with Crippen LogP contribution in [0.15, 0.2) is 83.8 Å². The van der Waals surface area contributed by atoms with E-state index in [0.29, 0.717) is 5.69 Å². The van der Waals surface area contributed by atoms with E-state index in [2.05, 4.69) is 24.4 Å². The van der Waals surface area contributed by atoms with Gasteiger partial charge in [0.25, 0.3) is 0 Å². The largest absolute Gasteiger partial charge is 0.481 e. The zero-order chi connectivity index (χ0) is 26.2. The monoisotopic (exact) mass is 521 g/mol. The van der Waals surface area contributed by atoms with E-state index in [1.807, 2.05) is 54.6 Å². The molecule has 1 aliphatic heterocycles. The zero-order valence-corrected chi connectivity index (χ0v) is 21.4. The first-order valence-electron chi connectivity index (χ1n) is 12.2. The molecular weight excluding hydrogens is 490 g/mol. The van der Waals surface area contributed by atoms with Crippen LogP contribution in [0.1, 0.15) is 48.8 Å². The predicted molar refractivity (Wildman–Crippen MR) is 142 cm³/mol. The fourth-order valence-electron chi connectivity index (χ4n) is 4.17. The Hall–Kier alpha value is -3.17. The van der Waals surface area contributed by atoms with E-state index in [0.717, 1.165) is 22.4 Å². The Bertz CT molecular complexity index is 1170. The maximum atomic E-state index is 12.0. The molecule has 0 radical (unpaired) electrons. The maximum absolute atomic E-state index is 12.0. The molecule has 3 aromatic carbocycles. The van der Waals surface area contributed by atoms with Crippen LogP contribution in [0.2, 0.25) is 0 Å². The molecule has 194 valence electrons. The lowest BCUT2D eigenvalue weighted by atomic mass is 9.91. The summed E-state index contributed by atoms with van der Waals surface area (Å²) in [5, 5.41) is 20.9. The summed E-state index contributed by atoms with van der Waals surface area (Å²) in [6.07, 6.45) is -1.18. The minimum absolute atomic E-state index is 0.0113. The number of rotatable bonds is 10. The number of aliphatic hydroxyl groups is 1. The van der Waals surface area contributed by atoms with Crippen molar-refractivity contribution in [1.29, 1.82) is 0 Å². The van der Waals surface area contributed by atoms with E-state index in [-0.39, 0.29) is 43.5 Å². The normalized spacial score (nSPS) is 21.4. The number of benzene rings is 3. The summed E-state index contributed by atoms with van der Waals surface area (Å²) in [6.45, 7) is 2.12. The van der Waals surface area contributed by atoms with E-state index in [1.54, 1.807) is 23.9 Å². The van der Waals surface area contributed by atoms with Crippen LogP contribution >= 0.6 is 11.8 Å². The summed E-state index contributed by atoms with van der Waals surface area (Å²) >= 11 is 1.74. The molecule has 3 N–H and O–H groups in total. The topological polar surface area (TPSA) is 105 Å². The number of hydrogen-bond acceptors (Lipinski definition) is 6. The molecule has 3 aromatic rings. The lowest BCUT2D eigenvalue weighted by molar-refractivity contribution is -0.268. The van der Waals surface area contributed by atoms with Gasteiger partial charge in [-0.2, -0.15) is 0 Å². The van der Waals surface area contributed by atoms with Gasteiger partial charge in [-0.05, 0) is 35.4 Å². The van der Waals surface area contributed by atoms with E-state index in [9.17, 15) is 14.7 Å². The van der Waals surface area contributed by atoms with Gasteiger partial charge in [-0.1, -0.05) is 61.5 Å². The lowest BCUT2D eigenvalue weighted by Crippen LogP contribution is -2.38. The number of carbonyl (C=O) groups excluding carboxylic acids is 1. The van der Waals surface area contributed by atoms with Crippen molar-refractivity contribution in [3.8, 4) is 0 Å². The van der Waals surface area contributed by atoms with Crippen LogP contribution < -0.4 is 5.32 Å². The number of anilines is 1. The van der Waals surface area contributed by atoms with E-state index in [4.69, 9.17) is 14.6 Å². The van der Waals surface area contributed by atoms with Crippen molar-refractivity contribution in [2.45, 2.75) is 49.8 Å². The van der Waals surface area contributed by atoms with Gasteiger partial charge < -0.3 is 25.0 Å². The third-order valence-corrected chi connectivity index (χ3v) is 7.41. The number of carbonyl (C=O) groups is 2. The SMILES string of the molecule is CC1C(CSc2ccccc2)OC(c2ccc(NC(=O)CCC(=O)O)cc2)OC1c1ccc(CO)cc1. The van der Waals surface area contributed by atoms with Gasteiger partial charge in [0.05, 0.1) is 25.2 Å². The number of nitrogens with one attached hydrogen (secondary N) is 1. The van der Waals surface area contributed by atoms with Crippen LogP contribution in [-0.4, -0.2) is 33.9 Å². The standard InChI is InChI=1S/C29H31NO6S/c1-19-25(18-37-24-5-3-2-4-6-24)35-29(36-28(19)21-9-7-20(17-31)8-10-21)22-11-13-23(14-12-22)30-26(32)15-16-27(33)34/h2-14,19,25,28-29,31H,15-18H2,1H3,(H,30,32)(H,33,34). The molecule has 1 amide bonds. The van der Waals surface area contributed by atoms with Crippen LogP contribution in [-0.2, 0) is 25.7 Å². The van der Waals surface area contributed by atoms with Crippen molar-refractivity contribution in [3.63, 3.8) is 0 Å². The number of aliphatic hydroxyl groups excluding tert-OH is 1. The van der Waals surface area contributed by atoms with Crippen molar-refractivity contribution in [1.82, 2.24) is 0 Å². The summed E-state index contributed by atoms with van der Waals surface area (Å²) in [7, 11) is 0. The number of amides is 1. The first-order valence-corrected chi connectivity index (χ1v) is 13.2. The van der Waals surface area contributed by atoms with Crippen LogP contribution in [0.25, 0.3) is 0 Å². The lowest BCUT2D eigenvalue weighted by Gasteiger charge is -2.41. The summed E-state index contributed by atoms with van der Waals surface area (Å²) in [4.78, 5) is 23.8. The van der Waals surface area contributed by atoms with Crippen molar-refractivity contribution in [3.05, 3.63) is 95.6 Å². The number of hydrogen-bond donors (Lipinski definition) is 3. The van der Waals surface area contributed by atoms with Crippen molar-refractivity contribution >= 4 is 29.3 Å². The first-order chi connectivity index (χ1) is 17.9. The summed E-state index contributed by atoms with van der Waals surface area (Å²) in [5.74, 6) is -0.515. The Morgan fingerprint density at radius 1 is 0.892 bits per heavy atom. The minimum atomic E-state index is -1.01. The van der Waals surface area contributed by atoms with Gasteiger partial charge >= 0.3 is 5.97 Å². The van der Waals surface area contributed by atoms with Gasteiger partial charge in [-0.15, -0.1) is 11.8 Å².